The van der Waals surface area contributed by atoms with E-state index in [0.29, 0.717) is 0 Å². The predicted molar refractivity (Wildman–Crippen MR) is 25.2 cm³/mol. The molecule has 3 heteroatoms. The third-order valence-corrected chi connectivity index (χ3v) is 0.490. The monoisotopic (exact) mass is 81.0 g/mol. The van der Waals surface area contributed by atoms with E-state index in [0.717, 1.165) is 0 Å². The normalized spacial score (nSPS) is 14.7. The van der Waals surface area contributed by atoms with Gasteiger partial charge < -0.3 is 0 Å². The fraction of sp³-hybridized carbons (Fsp3) is 0. The Morgan fingerprint density at radius 1 is 1.67 bits per heavy atom. The van der Waals surface area contributed by atoms with E-state index in [4.69, 9.17) is 0 Å². The van der Waals surface area contributed by atoms with Crippen LogP contribution in [0, 0.1) is 0 Å². The van der Waals surface area contributed by atoms with Gasteiger partial charge in [0.25, 0.3) is 0 Å². The molecule has 1 aliphatic rings. The Balaban J connectivity index is 2.46. The van der Waals surface area contributed by atoms with Crippen molar-refractivity contribution in [2.45, 2.75) is 0 Å². The van der Waals surface area contributed by atoms with Crippen LogP contribution >= 0.6 is 0 Å². The van der Waals surface area contributed by atoms with Crippen LogP contribution in [0.3, 0.4) is 0 Å². The Hall–Kier alpha value is -0.725. The van der Waals surface area contributed by atoms with Crippen molar-refractivity contribution in [1.82, 2.24) is 5.39 Å². The van der Waals surface area contributed by atoms with Crippen molar-refractivity contribution in [3.8, 4) is 0 Å². The summed E-state index contributed by atoms with van der Waals surface area (Å²) in [7, 11) is 1.71. The zero-order chi connectivity index (χ0) is 4.24. The van der Waals surface area contributed by atoms with Gasteiger partial charge in [-0.05, 0) is 0 Å². The minimum absolute atomic E-state index is 1.57. The first-order valence-electron chi connectivity index (χ1n) is 1.73. The molecular formula is C3H4BNO. The quantitative estimate of drug-likeness (QED) is 0.395. The fourth-order valence-electron chi connectivity index (χ4n) is 0.258. The predicted octanol–water partition coefficient (Wildman–Crippen LogP) is -0.544. The number of hydrogen-bond donors (Lipinski definition) is 1. The van der Waals surface area contributed by atoms with Gasteiger partial charge in [0.05, 0.1) is 0 Å². The van der Waals surface area contributed by atoms with Crippen LogP contribution in [-0.2, 0) is 4.84 Å². The molecule has 0 atom stereocenters. The molecule has 0 saturated carbocycles. The van der Waals surface area contributed by atoms with Crippen molar-refractivity contribution in [3.63, 3.8) is 0 Å². The second-order valence-electron chi connectivity index (χ2n) is 0.923. The van der Waals surface area contributed by atoms with Gasteiger partial charge in [-0.15, -0.1) is 0 Å². The van der Waals surface area contributed by atoms with E-state index >= 15 is 0 Å². The summed E-state index contributed by atoms with van der Waals surface area (Å²) in [4.78, 5) is 4.55. The first-order valence-corrected chi connectivity index (χ1v) is 1.73. The van der Waals surface area contributed by atoms with E-state index in [2.05, 4.69) is 10.2 Å². The van der Waals surface area contributed by atoms with Gasteiger partial charge in [-0.2, -0.15) is 0 Å². The van der Waals surface area contributed by atoms with Crippen LogP contribution in [0.2, 0.25) is 0 Å². The number of allylic oxidation sites excluding steroid dienone is 1. The van der Waals surface area contributed by atoms with Gasteiger partial charge >= 0.3 is 35.6 Å². The van der Waals surface area contributed by atoms with Crippen molar-refractivity contribution in [2.75, 3.05) is 0 Å². The molecule has 0 amide bonds. The van der Waals surface area contributed by atoms with Crippen molar-refractivity contribution in [3.05, 3.63) is 12.3 Å². The van der Waals surface area contributed by atoms with Gasteiger partial charge in [0, 0.05) is 0 Å². The summed E-state index contributed by atoms with van der Waals surface area (Å²) in [6.07, 6.45) is 3.37. The second kappa shape index (κ2) is 1.65. The van der Waals surface area contributed by atoms with Crippen molar-refractivity contribution >= 4 is 13.0 Å². The van der Waals surface area contributed by atoms with E-state index in [1.54, 1.807) is 19.4 Å². The number of rotatable bonds is 0. The number of nitrogens with one attached hydrogen (secondary N) is 1. The third-order valence-electron chi connectivity index (χ3n) is 0.490. The van der Waals surface area contributed by atoms with Crippen LogP contribution in [-0.4, -0.2) is 13.0 Å². The van der Waals surface area contributed by atoms with Crippen LogP contribution in [0.25, 0.3) is 0 Å². The van der Waals surface area contributed by atoms with Crippen LogP contribution in [0.15, 0.2) is 12.3 Å². The van der Waals surface area contributed by atoms with Crippen LogP contribution in [0.5, 0.6) is 0 Å². The molecule has 0 aromatic carbocycles. The van der Waals surface area contributed by atoms with Crippen molar-refractivity contribution in [2.24, 2.45) is 0 Å². The van der Waals surface area contributed by atoms with Gasteiger partial charge in [-0.1, -0.05) is 0 Å². The van der Waals surface area contributed by atoms with Gasteiger partial charge in [-0.25, -0.2) is 0 Å². The first kappa shape index (κ1) is 3.46. The first-order chi connectivity index (χ1) is 3.00. The topological polar surface area (TPSA) is 21.3 Å². The molecule has 6 heavy (non-hydrogen) atoms. The van der Waals surface area contributed by atoms with Crippen LogP contribution < -0.4 is 5.39 Å². The molecule has 0 spiro atoms. The molecule has 0 unspecified atom stereocenters. The molecule has 0 aliphatic carbocycles. The molecule has 1 aliphatic heterocycles. The van der Waals surface area contributed by atoms with E-state index in [-0.39, 0.29) is 0 Å². The van der Waals surface area contributed by atoms with E-state index in [1.165, 1.54) is 0 Å². The summed E-state index contributed by atoms with van der Waals surface area (Å²) in [6.45, 7) is 0. The van der Waals surface area contributed by atoms with Crippen LogP contribution in [0.4, 0.5) is 0 Å². The van der Waals surface area contributed by atoms with Crippen molar-refractivity contribution in [1.29, 1.82) is 0 Å². The van der Waals surface area contributed by atoms with E-state index in [9.17, 15) is 0 Å². The molecule has 2 nitrogen and oxygen atoms in total. The fourth-order valence-corrected chi connectivity index (χ4v) is 0.258. The molecule has 30 valence electrons. The van der Waals surface area contributed by atoms with Gasteiger partial charge in [-0.3, -0.25) is 0 Å². The molecule has 1 rings (SSSR count). The maximum absolute atomic E-state index is 4.55. The Bertz CT molecular complexity index is 76.8. The standard InChI is InChI=1S/C3H4BNO/c1-2-4-5-6-3-1/h1-3,5H. The average molecular weight is 80.9 g/mol. The van der Waals surface area contributed by atoms with Gasteiger partial charge in [0.2, 0.25) is 0 Å². The summed E-state index contributed by atoms with van der Waals surface area (Å²) in [6, 6.07) is 0. The summed E-state index contributed by atoms with van der Waals surface area (Å²) in [5.74, 6) is 1.85. The zero-order valence-corrected chi connectivity index (χ0v) is 3.22. The van der Waals surface area contributed by atoms with Gasteiger partial charge in [0.15, 0.2) is 0 Å². The SMILES string of the molecule is B1=CC=CON1. The Morgan fingerprint density at radius 3 is 2.83 bits per heavy atom. The summed E-state index contributed by atoms with van der Waals surface area (Å²) in [5.41, 5.74) is 0. The molecule has 0 fully saturated rings. The summed E-state index contributed by atoms with van der Waals surface area (Å²) >= 11 is 0. The summed E-state index contributed by atoms with van der Waals surface area (Å²) < 4.78 is 0. The Kier molecular flexibility index (Phi) is 0.951. The molecule has 1 heterocycles. The molecule has 0 aromatic heterocycles. The molecule has 0 bridgehead atoms. The van der Waals surface area contributed by atoms with Crippen LogP contribution in [0.1, 0.15) is 0 Å². The van der Waals surface area contributed by atoms with Gasteiger partial charge in [0.1, 0.15) is 0 Å². The Morgan fingerprint density at radius 2 is 2.67 bits per heavy atom. The molecular weight excluding hydrogens is 76.9 g/mol. The zero-order valence-electron chi connectivity index (χ0n) is 3.22. The maximum atomic E-state index is 4.55. The number of hydrogen-bond acceptors (Lipinski definition) is 2. The molecule has 0 radical (unpaired) electrons. The summed E-state index contributed by atoms with van der Waals surface area (Å²) in [5, 5.41) is 2.52. The van der Waals surface area contributed by atoms with E-state index in [1.807, 2.05) is 5.97 Å². The second-order valence-corrected chi connectivity index (χ2v) is 0.923. The molecule has 1 N–H and O–H groups in total. The van der Waals surface area contributed by atoms with Crippen molar-refractivity contribution < 1.29 is 4.84 Å². The molecule has 0 saturated heterocycles. The molecule has 0 aromatic rings. The third kappa shape index (κ3) is 0.609. The Labute approximate surface area is 36.7 Å². The average Bonchev–Trinajstić information content (AvgIpc) is 1.72. The minimum atomic E-state index is 1.57. The van der Waals surface area contributed by atoms with E-state index < -0.39 is 0 Å².